The zero-order valence-electron chi connectivity index (χ0n) is 15.1. The summed E-state index contributed by atoms with van der Waals surface area (Å²) >= 11 is 0. The van der Waals surface area contributed by atoms with Crippen LogP contribution in [0.3, 0.4) is 0 Å². The second-order valence-corrected chi connectivity index (χ2v) is 5.92. The van der Waals surface area contributed by atoms with E-state index in [9.17, 15) is 13.2 Å². The molecule has 0 aliphatic carbocycles. The summed E-state index contributed by atoms with van der Waals surface area (Å²) in [5.74, 6) is -0.391. The van der Waals surface area contributed by atoms with Gasteiger partial charge in [-0.1, -0.05) is 36.4 Å². The summed E-state index contributed by atoms with van der Waals surface area (Å²) in [5, 5.41) is 2.64. The van der Waals surface area contributed by atoms with Gasteiger partial charge in [-0.15, -0.1) is 37.1 Å². The van der Waals surface area contributed by atoms with E-state index in [2.05, 4.69) is 20.0 Å². The number of rotatable bonds is 6. The molecule has 0 aliphatic rings. The molecule has 0 unspecified atom stereocenters. The van der Waals surface area contributed by atoms with Crippen LogP contribution in [0.15, 0.2) is 72.2 Å². The highest BCUT2D eigenvalue weighted by Crippen LogP contribution is 2.29. The first-order valence-corrected chi connectivity index (χ1v) is 8.34. The van der Waals surface area contributed by atoms with E-state index in [0.717, 1.165) is 11.1 Å². The van der Waals surface area contributed by atoms with Crippen molar-refractivity contribution < 1.29 is 17.9 Å². The normalized spacial score (nSPS) is 11.6. The van der Waals surface area contributed by atoms with Gasteiger partial charge in [-0.05, 0) is 23.3 Å². The quantitative estimate of drug-likeness (QED) is 0.289. The number of anilines is 1. The number of para-hydroxylation sites is 2. The van der Waals surface area contributed by atoms with Crippen LogP contribution in [0.2, 0.25) is 0 Å². The average molecular weight is 517 g/mol. The van der Waals surface area contributed by atoms with Crippen LogP contribution in [0.4, 0.5) is 18.9 Å². The van der Waals surface area contributed by atoms with Crippen LogP contribution in [0, 0.1) is 0 Å². The predicted octanol–water partition coefficient (Wildman–Crippen LogP) is 4.37. The summed E-state index contributed by atoms with van der Waals surface area (Å²) in [6.07, 6.45) is 0.550. The van der Waals surface area contributed by atoms with Crippen molar-refractivity contribution in [3.63, 3.8) is 0 Å². The molecule has 0 amide bonds. The van der Waals surface area contributed by atoms with Crippen molar-refractivity contribution in [2.75, 3.05) is 5.32 Å². The van der Waals surface area contributed by atoms with Gasteiger partial charge in [0.2, 0.25) is 0 Å². The molecular weight excluding hydrogens is 498 g/mol. The SMILES string of the molecule is I.NC(=NCc1ccc(Cn2ccnc2)cc1)Nc1ccccc1OC(F)(F)F. The van der Waals surface area contributed by atoms with Crippen LogP contribution in [0.1, 0.15) is 11.1 Å². The lowest BCUT2D eigenvalue weighted by atomic mass is 10.1. The maximum absolute atomic E-state index is 12.5. The molecule has 0 atom stereocenters. The first-order chi connectivity index (χ1) is 13.4. The van der Waals surface area contributed by atoms with Crippen molar-refractivity contribution in [1.82, 2.24) is 9.55 Å². The van der Waals surface area contributed by atoms with E-state index < -0.39 is 6.36 Å². The van der Waals surface area contributed by atoms with Gasteiger partial charge in [-0.25, -0.2) is 9.98 Å². The van der Waals surface area contributed by atoms with Crippen LogP contribution >= 0.6 is 24.0 Å². The molecule has 6 nitrogen and oxygen atoms in total. The third-order valence-corrected chi connectivity index (χ3v) is 3.75. The highest BCUT2D eigenvalue weighted by Gasteiger charge is 2.32. The summed E-state index contributed by atoms with van der Waals surface area (Å²) < 4.78 is 43.3. The highest BCUT2D eigenvalue weighted by atomic mass is 127. The third-order valence-electron chi connectivity index (χ3n) is 3.75. The fourth-order valence-corrected chi connectivity index (χ4v) is 2.48. The Hall–Kier alpha value is -2.76. The fraction of sp³-hybridized carbons (Fsp3) is 0.158. The monoisotopic (exact) mass is 517 g/mol. The number of guanidine groups is 1. The molecule has 1 heterocycles. The van der Waals surface area contributed by atoms with Crippen molar-refractivity contribution in [2.45, 2.75) is 19.5 Å². The van der Waals surface area contributed by atoms with E-state index in [1.54, 1.807) is 18.6 Å². The lowest BCUT2D eigenvalue weighted by molar-refractivity contribution is -0.274. The number of hydrogen-bond acceptors (Lipinski definition) is 3. The van der Waals surface area contributed by atoms with Crippen LogP contribution in [0.25, 0.3) is 0 Å². The molecule has 0 saturated carbocycles. The number of nitrogens with two attached hydrogens (primary N) is 1. The second kappa shape index (κ2) is 10.1. The smallest absolute Gasteiger partial charge is 0.404 e. The zero-order chi connectivity index (χ0) is 20.0. The Morgan fingerprint density at radius 3 is 2.45 bits per heavy atom. The summed E-state index contributed by atoms with van der Waals surface area (Å²) in [5.41, 5.74) is 7.90. The number of aliphatic imine (C=N–C) groups is 1. The molecule has 3 aromatic rings. The number of benzene rings is 2. The molecule has 2 aromatic carbocycles. The lowest BCUT2D eigenvalue weighted by Gasteiger charge is -2.14. The number of nitrogens with one attached hydrogen (secondary N) is 1. The number of ether oxygens (including phenoxy) is 1. The minimum Gasteiger partial charge on any atom is -0.404 e. The van der Waals surface area contributed by atoms with Crippen molar-refractivity contribution >= 4 is 35.6 Å². The number of nitrogens with zero attached hydrogens (tertiary/aromatic N) is 3. The molecule has 0 radical (unpaired) electrons. The van der Waals surface area contributed by atoms with Gasteiger partial charge < -0.3 is 20.4 Å². The number of imidazole rings is 1. The summed E-state index contributed by atoms with van der Waals surface area (Å²) in [4.78, 5) is 8.16. The number of hydrogen-bond donors (Lipinski definition) is 2. The van der Waals surface area contributed by atoms with Crippen molar-refractivity contribution in [1.29, 1.82) is 0 Å². The Morgan fingerprint density at radius 1 is 1.10 bits per heavy atom. The molecular formula is C19H19F3IN5O. The van der Waals surface area contributed by atoms with Gasteiger partial charge in [-0.2, -0.15) is 0 Å². The van der Waals surface area contributed by atoms with Gasteiger partial charge in [0.25, 0.3) is 0 Å². The van der Waals surface area contributed by atoms with Gasteiger partial charge >= 0.3 is 6.36 Å². The molecule has 3 rings (SSSR count). The maximum Gasteiger partial charge on any atom is 0.573 e. The Kier molecular flexibility index (Phi) is 7.88. The average Bonchev–Trinajstić information content (AvgIpc) is 3.15. The van der Waals surface area contributed by atoms with Gasteiger partial charge in [0.15, 0.2) is 11.7 Å². The Bertz CT molecular complexity index is 928. The predicted molar refractivity (Wildman–Crippen MR) is 115 cm³/mol. The van der Waals surface area contributed by atoms with Crippen LogP contribution in [0.5, 0.6) is 5.75 Å². The van der Waals surface area contributed by atoms with Gasteiger partial charge in [0.1, 0.15) is 0 Å². The number of halogens is 4. The van der Waals surface area contributed by atoms with Gasteiger partial charge in [0.05, 0.1) is 18.6 Å². The Morgan fingerprint density at radius 2 is 1.79 bits per heavy atom. The molecule has 0 saturated heterocycles. The molecule has 0 fully saturated rings. The van der Waals surface area contributed by atoms with E-state index in [0.29, 0.717) is 6.54 Å². The van der Waals surface area contributed by atoms with E-state index in [-0.39, 0.29) is 47.9 Å². The van der Waals surface area contributed by atoms with E-state index in [1.807, 2.05) is 35.0 Å². The van der Waals surface area contributed by atoms with Crippen molar-refractivity contribution in [2.24, 2.45) is 10.7 Å². The molecule has 1 aromatic heterocycles. The molecule has 0 spiro atoms. The summed E-state index contributed by atoms with van der Waals surface area (Å²) in [6.45, 7) is 0.996. The lowest BCUT2D eigenvalue weighted by Crippen LogP contribution is -2.24. The third kappa shape index (κ3) is 7.29. The summed E-state index contributed by atoms with van der Waals surface area (Å²) in [6, 6.07) is 13.4. The first-order valence-electron chi connectivity index (χ1n) is 8.34. The number of alkyl halides is 3. The number of aromatic nitrogens is 2. The van der Waals surface area contributed by atoms with Crippen LogP contribution < -0.4 is 15.8 Å². The molecule has 3 N–H and O–H groups in total. The van der Waals surface area contributed by atoms with Crippen molar-refractivity contribution in [3.05, 3.63) is 78.4 Å². The van der Waals surface area contributed by atoms with Crippen LogP contribution in [-0.4, -0.2) is 21.9 Å². The van der Waals surface area contributed by atoms with E-state index >= 15 is 0 Å². The van der Waals surface area contributed by atoms with Crippen LogP contribution in [-0.2, 0) is 13.1 Å². The van der Waals surface area contributed by atoms with Gasteiger partial charge in [-0.3, -0.25) is 0 Å². The standard InChI is InChI=1S/C19H18F3N5O.HI/c20-19(21,22)28-17-4-2-1-3-16(17)26-18(23)25-11-14-5-7-15(8-6-14)12-27-10-9-24-13-27;/h1-10,13H,11-12H2,(H3,23,25,26);1H. The zero-order valence-corrected chi connectivity index (χ0v) is 17.5. The first kappa shape index (κ1) is 22.5. The van der Waals surface area contributed by atoms with E-state index in [4.69, 9.17) is 5.73 Å². The minimum absolute atomic E-state index is 0. The van der Waals surface area contributed by atoms with Gasteiger partial charge in [0, 0.05) is 18.9 Å². The molecule has 29 heavy (non-hydrogen) atoms. The molecule has 154 valence electrons. The Balaban J connectivity index is 0.00000300. The second-order valence-electron chi connectivity index (χ2n) is 5.92. The fourth-order valence-electron chi connectivity index (χ4n) is 2.48. The highest BCUT2D eigenvalue weighted by molar-refractivity contribution is 14.0. The molecule has 0 bridgehead atoms. The topological polar surface area (TPSA) is 77.5 Å². The molecule has 10 heteroatoms. The van der Waals surface area contributed by atoms with Crippen molar-refractivity contribution in [3.8, 4) is 5.75 Å². The molecule has 0 aliphatic heterocycles. The Labute approximate surface area is 182 Å². The summed E-state index contributed by atoms with van der Waals surface area (Å²) in [7, 11) is 0. The largest absolute Gasteiger partial charge is 0.573 e. The maximum atomic E-state index is 12.5. The van der Waals surface area contributed by atoms with E-state index in [1.165, 1.54) is 18.2 Å². The minimum atomic E-state index is -4.79.